The van der Waals surface area contributed by atoms with Crippen molar-refractivity contribution in [3.05, 3.63) is 29.3 Å². The first kappa shape index (κ1) is 16.7. The van der Waals surface area contributed by atoms with Gasteiger partial charge in [-0.15, -0.1) is 0 Å². The third kappa shape index (κ3) is 3.94. The molecule has 1 aromatic carbocycles. The minimum Gasteiger partial charge on any atom is -0.489 e. The highest BCUT2D eigenvalue weighted by molar-refractivity contribution is 5.85. The van der Waals surface area contributed by atoms with Crippen LogP contribution in [0.3, 0.4) is 0 Å². The molecule has 2 N–H and O–H groups in total. The summed E-state index contributed by atoms with van der Waals surface area (Å²) >= 11 is 0. The number of carbonyl (C=O) groups is 2. The highest BCUT2D eigenvalue weighted by Gasteiger charge is 2.31. The first-order chi connectivity index (χ1) is 10.9. The molecule has 6 nitrogen and oxygen atoms in total. The van der Waals surface area contributed by atoms with Gasteiger partial charge in [0.05, 0.1) is 12.0 Å². The highest BCUT2D eigenvalue weighted by atomic mass is 19.1. The van der Waals surface area contributed by atoms with Crippen LogP contribution in [0.2, 0.25) is 0 Å². The van der Waals surface area contributed by atoms with Crippen LogP contribution >= 0.6 is 0 Å². The van der Waals surface area contributed by atoms with Gasteiger partial charge in [-0.25, -0.2) is 13.6 Å². The Bertz CT molecular complexity index is 672. The second-order valence-electron chi connectivity index (χ2n) is 5.18. The number of fused-ring (bicyclic) bond motifs is 1. The maximum absolute atomic E-state index is 13.5. The van der Waals surface area contributed by atoms with E-state index in [0.717, 1.165) is 6.07 Å². The fourth-order valence-corrected chi connectivity index (χ4v) is 2.36. The molecule has 1 heterocycles. The third-order valence-corrected chi connectivity index (χ3v) is 3.51. The monoisotopic (exact) mass is 324 g/mol. The summed E-state index contributed by atoms with van der Waals surface area (Å²) in [5, 5.41) is 19.8. The quantitative estimate of drug-likeness (QED) is 0.852. The van der Waals surface area contributed by atoms with Crippen LogP contribution in [0.1, 0.15) is 18.4 Å². The van der Waals surface area contributed by atoms with Crippen LogP contribution < -0.4 is 10.1 Å². The van der Waals surface area contributed by atoms with Crippen LogP contribution in [-0.2, 0) is 16.0 Å². The largest absolute Gasteiger partial charge is 0.489 e. The number of hydrogen-bond donors (Lipinski definition) is 2. The van der Waals surface area contributed by atoms with Crippen molar-refractivity contribution in [2.75, 3.05) is 6.61 Å². The van der Waals surface area contributed by atoms with Gasteiger partial charge in [-0.3, -0.25) is 4.79 Å². The molecular formula is C15H14F2N2O4. The molecule has 2 unspecified atom stereocenters. The van der Waals surface area contributed by atoms with Gasteiger partial charge in [0, 0.05) is 18.1 Å². The Hall–Kier alpha value is -2.69. The lowest BCUT2D eigenvalue weighted by Crippen LogP contribution is -2.46. The van der Waals surface area contributed by atoms with E-state index < -0.39 is 35.5 Å². The van der Waals surface area contributed by atoms with E-state index in [-0.39, 0.29) is 37.2 Å². The molecule has 0 radical (unpaired) electrons. The number of hydrogen-bond acceptors (Lipinski definition) is 4. The topological polar surface area (TPSA) is 99.4 Å². The van der Waals surface area contributed by atoms with E-state index in [1.165, 1.54) is 0 Å². The van der Waals surface area contributed by atoms with Crippen molar-refractivity contribution >= 4 is 11.9 Å². The molecule has 1 amide bonds. The molecule has 0 fully saturated rings. The number of carboxylic acids is 1. The van der Waals surface area contributed by atoms with Gasteiger partial charge in [0.1, 0.15) is 18.5 Å². The molecule has 1 aliphatic rings. The van der Waals surface area contributed by atoms with E-state index in [4.69, 9.17) is 15.1 Å². The third-order valence-electron chi connectivity index (χ3n) is 3.51. The van der Waals surface area contributed by atoms with Gasteiger partial charge in [-0.2, -0.15) is 5.26 Å². The Labute approximate surface area is 130 Å². The minimum absolute atomic E-state index is 0.0162. The molecule has 0 bridgehead atoms. The zero-order chi connectivity index (χ0) is 17.0. The van der Waals surface area contributed by atoms with Gasteiger partial charge in [-0.1, -0.05) is 0 Å². The minimum atomic E-state index is -1.25. The summed E-state index contributed by atoms with van der Waals surface area (Å²) in [6.45, 7) is -0.133. The van der Waals surface area contributed by atoms with Crippen molar-refractivity contribution in [1.29, 1.82) is 5.26 Å². The summed E-state index contributed by atoms with van der Waals surface area (Å²) in [4.78, 5) is 23.2. The van der Waals surface area contributed by atoms with Crippen LogP contribution in [0.5, 0.6) is 5.75 Å². The smallest absolute Gasteiger partial charge is 0.326 e. The molecule has 122 valence electrons. The van der Waals surface area contributed by atoms with Gasteiger partial charge >= 0.3 is 5.97 Å². The number of amides is 1. The van der Waals surface area contributed by atoms with Gasteiger partial charge in [0.2, 0.25) is 5.91 Å². The van der Waals surface area contributed by atoms with Gasteiger partial charge < -0.3 is 15.2 Å². The number of nitrogens with one attached hydrogen (secondary N) is 1. The summed E-state index contributed by atoms with van der Waals surface area (Å²) in [5.41, 5.74) is 0.220. The Morgan fingerprint density at radius 3 is 2.87 bits per heavy atom. The molecule has 0 spiro atoms. The van der Waals surface area contributed by atoms with Crippen LogP contribution in [0, 0.1) is 28.9 Å². The number of halogens is 2. The zero-order valence-electron chi connectivity index (χ0n) is 12.0. The maximum Gasteiger partial charge on any atom is 0.326 e. The Morgan fingerprint density at radius 1 is 1.48 bits per heavy atom. The second kappa shape index (κ2) is 7.05. The van der Waals surface area contributed by atoms with Crippen LogP contribution in [-0.4, -0.2) is 29.6 Å². The Balaban J connectivity index is 2.06. The van der Waals surface area contributed by atoms with E-state index in [0.29, 0.717) is 6.07 Å². The summed E-state index contributed by atoms with van der Waals surface area (Å²) in [7, 11) is 0. The van der Waals surface area contributed by atoms with Gasteiger partial charge in [0.15, 0.2) is 11.6 Å². The van der Waals surface area contributed by atoms with Gasteiger partial charge in [0.25, 0.3) is 0 Å². The molecule has 1 aromatic rings. The summed E-state index contributed by atoms with van der Waals surface area (Å²) < 4.78 is 31.9. The summed E-state index contributed by atoms with van der Waals surface area (Å²) in [6.07, 6.45) is 0.00307. The maximum atomic E-state index is 13.5. The van der Waals surface area contributed by atoms with E-state index in [1.54, 1.807) is 0 Å². The molecular weight excluding hydrogens is 310 g/mol. The lowest BCUT2D eigenvalue weighted by Gasteiger charge is -2.26. The first-order valence-electron chi connectivity index (χ1n) is 6.93. The standard InChI is InChI=1S/C15H14F2N2O4/c16-10-5-8-4-9(7-23-13(8)11(17)6-10)14(20)19-12(15(21)22)2-1-3-18/h5-6,9,12H,1-2,4,7H2,(H,19,20)(H,21,22). The predicted octanol–water partition coefficient (Wildman–Crippen LogP) is 1.39. The van der Waals surface area contributed by atoms with E-state index in [9.17, 15) is 18.4 Å². The fraction of sp³-hybridized carbons (Fsp3) is 0.400. The number of rotatable bonds is 5. The lowest BCUT2D eigenvalue weighted by atomic mass is 9.95. The SMILES string of the molecule is N#CCCC(NC(=O)C1COc2c(F)cc(F)cc2C1)C(=O)O. The van der Waals surface area contributed by atoms with E-state index >= 15 is 0 Å². The van der Waals surface area contributed by atoms with Crippen molar-refractivity contribution in [1.82, 2.24) is 5.32 Å². The average molecular weight is 324 g/mol. The average Bonchev–Trinajstić information content (AvgIpc) is 2.50. The number of ether oxygens (including phenoxy) is 1. The Morgan fingerprint density at radius 2 is 2.22 bits per heavy atom. The molecule has 8 heteroatoms. The van der Waals surface area contributed by atoms with Crippen LogP contribution in [0.4, 0.5) is 8.78 Å². The molecule has 0 aliphatic carbocycles. The number of benzene rings is 1. The second-order valence-corrected chi connectivity index (χ2v) is 5.18. The number of carbonyl (C=O) groups excluding carboxylic acids is 1. The molecule has 0 aromatic heterocycles. The van der Waals surface area contributed by atoms with Crippen molar-refractivity contribution in [3.63, 3.8) is 0 Å². The molecule has 2 rings (SSSR count). The van der Waals surface area contributed by atoms with Crippen molar-refractivity contribution in [3.8, 4) is 11.8 Å². The fourth-order valence-electron chi connectivity index (χ4n) is 2.36. The molecule has 1 aliphatic heterocycles. The number of aliphatic carboxylic acids is 1. The van der Waals surface area contributed by atoms with Crippen molar-refractivity contribution < 1.29 is 28.2 Å². The summed E-state index contributed by atoms with van der Waals surface area (Å²) in [6, 6.07) is 2.40. The first-order valence-corrected chi connectivity index (χ1v) is 6.93. The number of nitrogens with zero attached hydrogens (tertiary/aromatic N) is 1. The van der Waals surface area contributed by atoms with E-state index in [2.05, 4.69) is 5.32 Å². The molecule has 0 saturated heterocycles. The van der Waals surface area contributed by atoms with E-state index in [1.807, 2.05) is 6.07 Å². The molecule has 0 saturated carbocycles. The summed E-state index contributed by atoms with van der Waals surface area (Å²) in [5.74, 6) is -4.30. The van der Waals surface area contributed by atoms with Gasteiger partial charge in [-0.05, 0) is 18.9 Å². The normalized spacial score (nSPS) is 17.3. The van der Waals surface area contributed by atoms with Crippen molar-refractivity contribution in [2.45, 2.75) is 25.3 Å². The predicted molar refractivity (Wildman–Crippen MR) is 73.5 cm³/mol. The van der Waals surface area contributed by atoms with Crippen LogP contribution in [0.25, 0.3) is 0 Å². The highest BCUT2D eigenvalue weighted by Crippen LogP contribution is 2.31. The lowest BCUT2D eigenvalue weighted by molar-refractivity contribution is -0.142. The van der Waals surface area contributed by atoms with Crippen LogP contribution in [0.15, 0.2) is 12.1 Å². The number of carboxylic acid groups (broad SMARTS) is 1. The number of nitriles is 1. The molecule has 23 heavy (non-hydrogen) atoms. The van der Waals surface area contributed by atoms with Crippen molar-refractivity contribution in [2.24, 2.45) is 5.92 Å². The Kier molecular flexibility index (Phi) is 5.11. The zero-order valence-corrected chi connectivity index (χ0v) is 12.0. The molecule has 2 atom stereocenters.